The van der Waals surface area contributed by atoms with Gasteiger partial charge in [-0.05, 0) is 18.7 Å². The topological polar surface area (TPSA) is 51.2 Å². The number of carbonyl (C=O) groups is 1. The van der Waals surface area contributed by atoms with Crippen LogP contribution in [-0.4, -0.2) is 31.7 Å². The molecule has 0 unspecified atom stereocenters. The van der Waals surface area contributed by atoms with Crippen LogP contribution in [0.5, 0.6) is 0 Å². The van der Waals surface area contributed by atoms with E-state index in [2.05, 4.69) is 15.0 Å². The summed E-state index contributed by atoms with van der Waals surface area (Å²) in [6.45, 7) is 0.685. The van der Waals surface area contributed by atoms with Gasteiger partial charge in [0.25, 0.3) is 0 Å². The molecule has 0 amide bonds. The Kier molecular flexibility index (Phi) is 4.60. The molecule has 0 spiro atoms. The first kappa shape index (κ1) is 12.3. The lowest BCUT2D eigenvalue weighted by Gasteiger charge is -2.01. The van der Waals surface area contributed by atoms with Crippen molar-refractivity contribution < 1.29 is 13.9 Å². The standard InChI is InChI=1S/C11H13FN2O2/c1-13-5-3-4-8-6-9(11(15)16-2)10(12)14-7-8/h3-4,6-7,13H,5H2,1-2H3. The van der Waals surface area contributed by atoms with Crippen molar-refractivity contribution in [3.05, 3.63) is 35.4 Å². The van der Waals surface area contributed by atoms with Gasteiger partial charge < -0.3 is 10.1 Å². The fraction of sp³-hybridized carbons (Fsp3) is 0.273. The highest BCUT2D eigenvalue weighted by Crippen LogP contribution is 2.10. The van der Waals surface area contributed by atoms with Crippen LogP contribution in [-0.2, 0) is 4.74 Å². The average Bonchev–Trinajstić information content (AvgIpc) is 2.30. The maximum absolute atomic E-state index is 13.1. The summed E-state index contributed by atoms with van der Waals surface area (Å²) in [6, 6.07) is 1.40. The number of methoxy groups -OCH3 is 1. The van der Waals surface area contributed by atoms with E-state index < -0.39 is 11.9 Å². The molecule has 0 bridgehead atoms. The number of esters is 1. The van der Waals surface area contributed by atoms with Gasteiger partial charge >= 0.3 is 5.97 Å². The van der Waals surface area contributed by atoms with Crippen molar-refractivity contribution in [2.45, 2.75) is 0 Å². The van der Waals surface area contributed by atoms with Crippen molar-refractivity contribution in [2.75, 3.05) is 20.7 Å². The Morgan fingerprint density at radius 2 is 2.44 bits per heavy atom. The van der Waals surface area contributed by atoms with E-state index in [1.807, 2.05) is 13.1 Å². The van der Waals surface area contributed by atoms with Gasteiger partial charge in [0.1, 0.15) is 5.56 Å². The van der Waals surface area contributed by atoms with Gasteiger partial charge in [-0.15, -0.1) is 0 Å². The highest BCUT2D eigenvalue weighted by atomic mass is 19.1. The molecule has 1 aromatic rings. The molecule has 0 atom stereocenters. The van der Waals surface area contributed by atoms with Gasteiger partial charge in [-0.25, -0.2) is 9.78 Å². The SMILES string of the molecule is CNCC=Cc1cnc(F)c(C(=O)OC)c1. The van der Waals surface area contributed by atoms with Crippen LogP contribution in [0.15, 0.2) is 18.3 Å². The summed E-state index contributed by atoms with van der Waals surface area (Å²) < 4.78 is 17.6. The number of likely N-dealkylation sites (N-methyl/N-ethyl adjacent to an activating group) is 1. The number of carbonyl (C=O) groups excluding carboxylic acids is 1. The lowest BCUT2D eigenvalue weighted by atomic mass is 10.2. The summed E-state index contributed by atoms with van der Waals surface area (Å²) in [6.07, 6.45) is 4.94. The minimum Gasteiger partial charge on any atom is -0.465 e. The smallest absolute Gasteiger partial charge is 0.342 e. The third-order valence-corrected chi connectivity index (χ3v) is 1.90. The Bertz CT molecular complexity index is 405. The number of rotatable bonds is 4. The molecule has 0 aliphatic heterocycles. The fourth-order valence-electron chi connectivity index (χ4n) is 1.12. The Balaban J connectivity index is 2.93. The van der Waals surface area contributed by atoms with Gasteiger partial charge in [-0.1, -0.05) is 12.2 Å². The fourth-order valence-corrected chi connectivity index (χ4v) is 1.12. The molecular formula is C11H13FN2O2. The van der Waals surface area contributed by atoms with E-state index in [-0.39, 0.29) is 5.56 Å². The van der Waals surface area contributed by atoms with E-state index in [0.717, 1.165) is 0 Å². The number of halogens is 1. The molecule has 86 valence electrons. The van der Waals surface area contributed by atoms with Gasteiger partial charge in [-0.2, -0.15) is 4.39 Å². The first-order chi connectivity index (χ1) is 7.69. The third-order valence-electron chi connectivity index (χ3n) is 1.90. The van der Waals surface area contributed by atoms with E-state index in [0.29, 0.717) is 12.1 Å². The molecule has 0 fully saturated rings. The van der Waals surface area contributed by atoms with Crippen LogP contribution in [0.25, 0.3) is 6.08 Å². The zero-order chi connectivity index (χ0) is 12.0. The molecule has 0 aliphatic carbocycles. The quantitative estimate of drug-likeness (QED) is 0.617. The maximum atomic E-state index is 13.1. The van der Waals surface area contributed by atoms with E-state index >= 15 is 0 Å². The van der Waals surface area contributed by atoms with Crippen LogP contribution in [0.3, 0.4) is 0 Å². The minimum absolute atomic E-state index is 0.158. The van der Waals surface area contributed by atoms with Gasteiger partial charge in [0.15, 0.2) is 0 Å². The van der Waals surface area contributed by atoms with Crippen molar-refractivity contribution in [3.63, 3.8) is 0 Å². The molecule has 0 aromatic carbocycles. The molecule has 1 aromatic heterocycles. The molecule has 0 radical (unpaired) electrons. The van der Waals surface area contributed by atoms with Crippen LogP contribution in [0.4, 0.5) is 4.39 Å². The second kappa shape index (κ2) is 5.97. The molecule has 16 heavy (non-hydrogen) atoms. The highest BCUT2D eigenvalue weighted by Gasteiger charge is 2.13. The zero-order valence-corrected chi connectivity index (χ0v) is 9.16. The van der Waals surface area contributed by atoms with Gasteiger partial charge in [0, 0.05) is 12.7 Å². The number of nitrogens with one attached hydrogen (secondary N) is 1. The minimum atomic E-state index is -0.822. The summed E-state index contributed by atoms with van der Waals surface area (Å²) >= 11 is 0. The van der Waals surface area contributed by atoms with Gasteiger partial charge in [0.2, 0.25) is 5.95 Å². The molecule has 1 N–H and O–H groups in total. The first-order valence-corrected chi connectivity index (χ1v) is 4.74. The Morgan fingerprint density at radius 1 is 1.69 bits per heavy atom. The molecule has 1 heterocycles. The molecule has 4 nitrogen and oxygen atoms in total. The Labute approximate surface area is 93.1 Å². The van der Waals surface area contributed by atoms with Crippen LogP contribution in [0.1, 0.15) is 15.9 Å². The van der Waals surface area contributed by atoms with E-state index in [4.69, 9.17) is 0 Å². The second-order valence-electron chi connectivity index (χ2n) is 3.06. The molecule has 0 saturated heterocycles. The van der Waals surface area contributed by atoms with Gasteiger partial charge in [-0.3, -0.25) is 0 Å². The summed E-state index contributed by atoms with van der Waals surface area (Å²) in [7, 11) is 3.01. The lowest BCUT2D eigenvalue weighted by Crippen LogP contribution is -2.06. The zero-order valence-electron chi connectivity index (χ0n) is 9.16. The maximum Gasteiger partial charge on any atom is 0.342 e. The highest BCUT2D eigenvalue weighted by molar-refractivity contribution is 5.89. The lowest BCUT2D eigenvalue weighted by molar-refractivity contribution is 0.0594. The summed E-state index contributed by atoms with van der Waals surface area (Å²) in [5, 5.41) is 2.92. The van der Waals surface area contributed by atoms with Crippen molar-refractivity contribution in [1.82, 2.24) is 10.3 Å². The van der Waals surface area contributed by atoms with Crippen LogP contribution < -0.4 is 5.32 Å². The summed E-state index contributed by atoms with van der Waals surface area (Å²) in [5.41, 5.74) is 0.492. The molecule has 1 rings (SSSR count). The molecule has 5 heteroatoms. The molecule has 0 aliphatic rings. The molecular weight excluding hydrogens is 211 g/mol. The van der Waals surface area contributed by atoms with Crippen LogP contribution >= 0.6 is 0 Å². The van der Waals surface area contributed by atoms with Crippen molar-refractivity contribution in [3.8, 4) is 0 Å². The number of aromatic nitrogens is 1. The Hall–Kier alpha value is -1.75. The largest absolute Gasteiger partial charge is 0.465 e. The number of nitrogens with zero attached hydrogens (tertiary/aromatic N) is 1. The van der Waals surface area contributed by atoms with Gasteiger partial charge in [0.05, 0.1) is 7.11 Å². The Morgan fingerprint density at radius 3 is 3.06 bits per heavy atom. The number of hydrogen-bond acceptors (Lipinski definition) is 4. The predicted octanol–water partition coefficient (Wildman–Crippen LogP) is 1.24. The van der Waals surface area contributed by atoms with Crippen molar-refractivity contribution >= 4 is 12.0 Å². The first-order valence-electron chi connectivity index (χ1n) is 4.74. The number of pyridine rings is 1. The normalized spacial score (nSPS) is 10.7. The third kappa shape index (κ3) is 3.13. The summed E-state index contributed by atoms with van der Waals surface area (Å²) in [5.74, 6) is -1.55. The average molecular weight is 224 g/mol. The van der Waals surface area contributed by atoms with Crippen LogP contribution in [0.2, 0.25) is 0 Å². The van der Waals surface area contributed by atoms with Crippen molar-refractivity contribution in [2.24, 2.45) is 0 Å². The number of ether oxygens (including phenoxy) is 1. The van der Waals surface area contributed by atoms with E-state index in [9.17, 15) is 9.18 Å². The van der Waals surface area contributed by atoms with Crippen molar-refractivity contribution in [1.29, 1.82) is 0 Å². The predicted molar refractivity (Wildman–Crippen MR) is 58.5 cm³/mol. The monoisotopic (exact) mass is 224 g/mol. The van der Waals surface area contributed by atoms with Crippen LogP contribution in [0, 0.1) is 5.95 Å². The number of hydrogen-bond donors (Lipinski definition) is 1. The molecule has 0 saturated carbocycles. The second-order valence-corrected chi connectivity index (χ2v) is 3.06. The summed E-state index contributed by atoms with van der Waals surface area (Å²) in [4.78, 5) is 14.7. The van der Waals surface area contributed by atoms with E-state index in [1.54, 1.807) is 6.08 Å². The van der Waals surface area contributed by atoms with E-state index in [1.165, 1.54) is 19.4 Å².